The number of hydrogen-bond donors (Lipinski definition) is 2. The first-order valence-corrected chi connectivity index (χ1v) is 8.60. The maximum Gasteiger partial charge on any atom is 0.337 e. The number of nitro benzene ring substituents is 1. The maximum atomic E-state index is 12.6. The van der Waals surface area contributed by atoms with E-state index in [4.69, 9.17) is 0 Å². The first kappa shape index (κ1) is 20.1. The number of rotatable bonds is 7. The third-order valence-corrected chi connectivity index (χ3v) is 4.22. The molecule has 0 heterocycles. The Morgan fingerprint density at radius 1 is 1.11 bits per heavy atom. The van der Waals surface area contributed by atoms with E-state index in [0.29, 0.717) is 5.92 Å². The van der Waals surface area contributed by atoms with Gasteiger partial charge in [-0.05, 0) is 36.5 Å². The molecular formula is C20H22N2O5. The van der Waals surface area contributed by atoms with Gasteiger partial charge < -0.3 is 10.4 Å². The monoisotopic (exact) mass is 370 g/mol. The number of carbonyl (C=O) groups is 2. The highest BCUT2D eigenvalue weighted by Gasteiger charge is 2.21. The summed E-state index contributed by atoms with van der Waals surface area (Å²) in [5.41, 5.74) is 1.37. The van der Waals surface area contributed by atoms with Crippen molar-refractivity contribution in [2.45, 2.75) is 33.1 Å². The van der Waals surface area contributed by atoms with E-state index in [1.54, 1.807) is 6.92 Å². The lowest BCUT2D eigenvalue weighted by Crippen LogP contribution is -2.20. The van der Waals surface area contributed by atoms with E-state index in [0.717, 1.165) is 30.2 Å². The lowest BCUT2D eigenvalue weighted by Gasteiger charge is -2.15. The number of aromatic carboxylic acids is 1. The molecule has 2 aromatic carbocycles. The minimum absolute atomic E-state index is 0.0926. The average molecular weight is 370 g/mol. The van der Waals surface area contributed by atoms with Crippen molar-refractivity contribution in [3.05, 3.63) is 69.3 Å². The van der Waals surface area contributed by atoms with Crippen LogP contribution in [0.15, 0.2) is 42.5 Å². The molecule has 7 heteroatoms. The van der Waals surface area contributed by atoms with Gasteiger partial charge in [-0.25, -0.2) is 4.79 Å². The van der Waals surface area contributed by atoms with Crippen LogP contribution in [0.25, 0.3) is 0 Å². The minimum atomic E-state index is -1.27. The Morgan fingerprint density at radius 3 is 2.26 bits per heavy atom. The minimum Gasteiger partial charge on any atom is -0.478 e. The van der Waals surface area contributed by atoms with Crippen molar-refractivity contribution in [1.82, 2.24) is 0 Å². The van der Waals surface area contributed by atoms with Crippen molar-refractivity contribution >= 4 is 23.3 Å². The van der Waals surface area contributed by atoms with Crippen LogP contribution in [-0.4, -0.2) is 21.9 Å². The number of non-ortho nitro benzene ring substituents is 1. The van der Waals surface area contributed by atoms with Crippen LogP contribution in [0.2, 0.25) is 0 Å². The summed E-state index contributed by atoms with van der Waals surface area (Å²) in [7, 11) is 0. The van der Waals surface area contributed by atoms with Gasteiger partial charge in [-0.15, -0.1) is 0 Å². The molecule has 2 aromatic rings. The van der Waals surface area contributed by atoms with E-state index >= 15 is 0 Å². The highest BCUT2D eigenvalue weighted by Crippen LogP contribution is 2.25. The number of nitrogens with zero attached hydrogens (tertiary/aromatic N) is 1. The summed E-state index contributed by atoms with van der Waals surface area (Å²) < 4.78 is 0. The van der Waals surface area contributed by atoms with Crippen molar-refractivity contribution in [2.24, 2.45) is 5.92 Å². The van der Waals surface area contributed by atoms with Gasteiger partial charge in [-0.3, -0.25) is 14.9 Å². The number of hydrogen-bond acceptors (Lipinski definition) is 4. The topological polar surface area (TPSA) is 110 Å². The fourth-order valence-electron chi connectivity index (χ4n) is 2.74. The van der Waals surface area contributed by atoms with Gasteiger partial charge in [0.25, 0.3) is 5.69 Å². The molecule has 1 unspecified atom stereocenters. The van der Waals surface area contributed by atoms with Crippen LogP contribution < -0.4 is 5.32 Å². The molecule has 1 atom stereocenters. The molecular weight excluding hydrogens is 348 g/mol. The first-order valence-electron chi connectivity index (χ1n) is 8.60. The largest absolute Gasteiger partial charge is 0.478 e. The Balaban J connectivity index is 2.21. The Morgan fingerprint density at radius 2 is 1.74 bits per heavy atom. The van der Waals surface area contributed by atoms with Crippen LogP contribution in [0.3, 0.4) is 0 Å². The molecule has 0 aromatic heterocycles. The number of benzene rings is 2. The fraction of sp³-hybridized carbons (Fsp3) is 0.300. The number of carboxylic acids is 1. The number of nitrogens with one attached hydrogen (secondary N) is 1. The Bertz CT molecular complexity index is 859. The molecule has 1 amide bonds. The molecule has 0 aliphatic heterocycles. The molecule has 0 saturated carbocycles. The zero-order valence-corrected chi connectivity index (χ0v) is 15.4. The summed E-state index contributed by atoms with van der Waals surface area (Å²) in [6.45, 7) is 5.96. The normalized spacial score (nSPS) is 11.9. The molecule has 0 bridgehead atoms. The summed E-state index contributed by atoms with van der Waals surface area (Å²) in [6, 6.07) is 10.9. The number of carboxylic acid groups (broad SMARTS) is 1. The molecule has 0 saturated heterocycles. The molecule has 2 N–H and O–H groups in total. The Hall–Kier alpha value is -3.22. The summed E-state index contributed by atoms with van der Waals surface area (Å²) in [6.07, 6.45) is 0.941. The van der Waals surface area contributed by atoms with Gasteiger partial charge in [0.2, 0.25) is 5.91 Å². The lowest BCUT2D eigenvalue weighted by atomic mass is 9.96. The molecule has 0 aliphatic carbocycles. The smallest absolute Gasteiger partial charge is 0.337 e. The average Bonchev–Trinajstić information content (AvgIpc) is 2.60. The highest BCUT2D eigenvalue weighted by molar-refractivity contribution is 6.02. The zero-order chi connectivity index (χ0) is 20.1. The van der Waals surface area contributed by atoms with Gasteiger partial charge in [0.1, 0.15) is 0 Å². The second-order valence-electron chi connectivity index (χ2n) is 6.84. The second-order valence-corrected chi connectivity index (χ2v) is 6.84. The van der Waals surface area contributed by atoms with Gasteiger partial charge in [-0.2, -0.15) is 0 Å². The van der Waals surface area contributed by atoms with Gasteiger partial charge in [0.05, 0.1) is 22.1 Å². The molecule has 0 radical (unpaired) electrons. The number of amides is 1. The number of nitro groups is 1. The molecule has 2 rings (SSSR count). The van der Waals surface area contributed by atoms with Gasteiger partial charge in [-0.1, -0.05) is 38.1 Å². The van der Waals surface area contributed by atoms with Crippen molar-refractivity contribution in [2.75, 3.05) is 5.32 Å². The third-order valence-electron chi connectivity index (χ3n) is 4.22. The van der Waals surface area contributed by atoms with Gasteiger partial charge >= 0.3 is 5.97 Å². The number of carbonyl (C=O) groups excluding carboxylic acids is 1. The Kier molecular flexibility index (Phi) is 6.28. The highest BCUT2D eigenvalue weighted by atomic mass is 16.6. The number of anilines is 1. The van der Waals surface area contributed by atoms with Crippen LogP contribution >= 0.6 is 0 Å². The maximum absolute atomic E-state index is 12.6. The zero-order valence-electron chi connectivity index (χ0n) is 15.4. The quantitative estimate of drug-likeness (QED) is 0.560. The van der Waals surface area contributed by atoms with Crippen molar-refractivity contribution in [1.29, 1.82) is 0 Å². The predicted octanol–water partition coefficient (Wildman–Crippen LogP) is 4.23. The molecule has 27 heavy (non-hydrogen) atoms. The molecule has 7 nitrogen and oxygen atoms in total. The van der Waals surface area contributed by atoms with Crippen LogP contribution in [0.5, 0.6) is 0 Å². The van der Waals surface area contributed by atoms with Crippen LogP contribution in [0.1, 0.15) is 48.2 Å². The van der Waals surface area contributed by atoms with E-state index in [1.807, 2.05) is 24.3 Å². The van der Waals surface area contributed by atoms with E-state index in [2.05, 4.69) is 19.2 Å². The van der Waals surface area contributed by atoms with E-state index in [-0.39, 0.29) is 16.9 Å². The molecule has 142 valence electrons. The van der Waals surface area contributed by atoms with Crippen LogP contribution in [0.4, 0.5) is 11.4 Å². The molecule has 0 aliphatic rings. The van der Waals surface area contributed by atoms with Crippen LogP contribution in [0, 0.1) is 16.0 Å². The summed E-state index contributed by atoms with van der Waals surface area (Å²) in [5.74, 6) is -1.72. The molecule has 0 spiro atoms. The van der Waals surface area contributed by atoms with E-state index in [9.17, 15) is 24.8 Å². The van der Waals surface area contributed by atoms with Crippen LogP contribution in [-0.2, 0) is 11.2 Å². The summed E-state index contributed by atoms with van der Waals surface area (Å²) in [5, 5.41) is 22.7. The standard InChI is InChI=1S/C20H22N2O5/c1-12(2)10-14-4-6-15(7-5-14)13(3)19(23)21-18-11-16(22(26)27)8-9-17(18)20(24)25/h4-9,11-13H,10H2,1-3H3,(H,21,23)(H,24,25). The van der Waals surface area contributed by atoms with Crippen molar-refractivity contribution in [3.63, 3.8) is 0 Å². The van der Waals surface area contributed by atoms with Crippen molar-refractivity contribution < 1.29 is 19.6 Å². The summed E-state index contributed by atoms with van der Waals surface area (Å²) in [4.78, 5) is 34.2. The molecule has 0 fully saturated rings. The van der Waals surface area contributed by atoms with Crippen molar-refractivity contribution in [3.8, 4) is 0 Å². The predicted molar refractivity (Wildman–Crippen MR) is 102 cm³/mol. The van der Waals surface area contributed by atoms with Gasteiger partial charge in [0.15, 0.2) is 0 Å². The van der Waals surface area contributed by atoms with E-state index < -0.39 is 22.7 Å². The Labute approximate surface area is 157 Å². The SMILES string of the molecule is CC(C)Cc1ccc(C(C)C(=O)Nc2cc([N+](=O)[O-])ccc2C(=O)O)cc1. The summed E-state index contributed by atoms with van der Waals surface area (Å²) >= 11 is 0. The second kappa shape index (κ2) is 8.44. The fourth-order valence-corrected chi connectivity index (χ4v) is 2.74. The lowest BCUT2D eigenvalue weighted by molar-refractivity contribution is -0.384. The van der Waals surface area contributed by atoms with Gasteiger partial charge in [0, 0.05) is 12.1 Å². The third kappa shape index (κ3) is 5.13. The van der Waals surface area contributed by atoms with E-state index in [1.165, 1.54) is 5.56 Å². The first-order chi connectivity index (χ1) is 12.7.